The highest BCUT2D eigenvalue weighted by Gasteiger charge is 2.27. The minimum Gasteiger partial charge on any atom is -0.285 e. The molecular formula is C7H17NO2S. The number of hydrogen-bond donors (Lipinski definition) is 2. The molecule has 1 heterocycles. The fourth-order valence-corrected chi connectivity index (χ4v) is 2.92. The van der Waals surface area contributed by atoms with Crippen LogP contribution < -0.4 is 0 Å². The van der Waals surface area contributed by atoms with Gasteiger partial charge in [0, 0.05) is 13.1 Å². The molecule has 0 bridgehead atoms. The van der Waals surface area contributed by atoms with Crippen molar-refractivity contribution in [3.05, 3.63) is 0 Å². The Balaban J connectivity index is 2.32. The van der Waals surface area contributed by atoms with E-state index in [1.165, 1.54) is 0 Å². The van der Waals surface area contributed by atoms with Gasteiger partial charge in [0.25, 0.3) is 0 Å². The molecule has 0 radical (unpaired) electrons. The SMILES string of the molecule is CCCCN1CCCS1(O)O. The molecule has 1 rings (SSSR count). The average Bonchev–Trinajstić information content (AvgIpc) is 2.25. The van der Waals surface area contributed by atoms with Crippen molar-refractivity contribution in [1.82, 2.24) is 4.31 Å². The van der Waals surface area contributed by atoms with Crippen LogP contribution in [0.1, 0.15) is 26.2 Å². The van der Waals surface area contributed by atoms with E-state index in [9.17, 15) is 9.11 Å². The van der Waals surface area contributed by atoms with Crippen LogP contribution in [0.15, 0.2) is 0 Å². The summed E-state index contributed by atoms with van der Waals surface area (Å²) in [6.07, 6.45) is 3.12. The van der Waals surface area contributed by atoms with Crippen molar-refractivity contribution in [2.24, 2.45) is 0 Å². The Labute approximate surface area is 69.9 Å². The van der Waals surface area contributed by atoms with Crippen molar-refractivity contribution in [2.45, 2.75) is 26.2 Å². The Morgan fingerprint density at radius 2 is 2.18 bits per heavy atom. The standard InChI is InChI=1S/C7H17NO2S/c1-2-3-5-8-6-4-7-11(8,9)10/h9-10H,2-7H2,1H3. The molecular weight excluding hydrogens is 162 g/mol. The van der Waals surface area contributed by atoms with Crippen molar-refractivity contribution in [2.75, 3.05) is 18.8 Å². The van der Waals surface area contributed by atoms with Gasteiger partial charge in [0.05, 0.1) is 5.75 Å². The van der Waals surface area contributed by atoms with E-state index in [1.807, 2.05) is 4.31 Å². The fourth-order valence-electron chi connectivity index (χ4n) is 1.30. The second kappa shape index (κ2) is 3.76. The number of rotatable bonds is 3. The summed E-state index contributed by atoms with van der Waals surface area (Å²) in [6, 6.07) is 0. The quantitative estimate of drug-likeness (QED) is 0.697. The van der Waals surface area contributed by atoms with Gasteiger partial charge in [-0.3, -0.25) is 9.11 Å². The summed E-state index contributed by atoms with van der Waals surface area (Å²) >= 11 is 0. The van der Waals surface area contributed by atoms with Crippen molar-refractivity contribution in [1.29, 1.82) is 0 Å². The second-order valence-corrected chi connectivity index (χ2v) is 5.16. The highest BCUT2D eigenvalue weighted by atomic mass is 32.3. The van der Waals surface area contributed by atoms with Crippen LogP contribution in [0.4, 0.5) is 0 Å². The minimum atomic E-state index is -2.33. The van der Waals surface area contributed by atoms with Crippen molar-refractivity contribution in [3.63, 3.8) is 0 Å². The lowest BCUT2D eigenvalue weighted by Crippen LogP contribution is -2.23. The van der Waals surface area contributed by atoms with E-state index in [2.05, 4.69) is 6.92 Å². The van der Waals surface area contributed by atoms with Crippen molar-refractivity contribution >= 4 is 10.8 Å². The Bertz CT molecular complexity index is 130. The van der Waals surface area contributed by atoms with Gasteiger partial charge in [0.15, 0.2) is 0 Å². The third-order valence-electron chi connectivity index (χ3n) is 2.00. The Kier molecular flexibility index (Phi) is 3.18. The van der Waals surface area contributed by atoms with Gasteiger partial charge in [-0.05, 0) is 12.8 Å². The van der Waals surface area contributed by atoms with Gasteiger partial charge in [-0.1, -0.05) is 13.3 Å². The van der Waals surface area contributed by atoms with Crippen molar-refractivity contribution < 1.29 is 9.11 Å². The summed E-state index contributed by atoms with van der Waals surface area (Å²) < 4.78 is 20.7. The summed E-state index contributed by atoms with van der Waals surface area (Å²) in [4.78, 5) is 0. The summed E-state index contributed by atoms with van der Waals surface area (Å²) in [5.41, 5.74) is 0. The van der Waals surface area contributed by atoms with Gasteiger partial charge >= 0.3 is 0 Å². The van der Waals surface area contributed by atoms with Crippen LogP contribution in [0.3, 0.4) is 0 Å². The van der Waals surface area contributed by atoms with Gasteiger partial charge in [-0.15, -0.1) is 10.8 Å². The highest BCUT2D eigenvalue weighted by molar-refractivity contribution is 8.22. The molecule has 1 aliphatic heterocycles. The molecule has 0 spiro atoms. The van der Waals surface area contributed by atoms with E-state index in [1.54, 1.807) is 0 Å². The van der Waals surface area contributed by atoms with E-state index in [4.69, 9.17) is 0 Å². The molecule has 11 heavy (non-hydrogen) atoms. The third-order valence-corrected chi connectivity index (χ3v) is 4.03. The van der Waals surface area contributed by atoms with E-state index in [-0.39, 0.29) is 0 Å². The van der Waals surface area contributed by atoms with Crippen LogP contribution in [0.2, 0.25) is 0 Å². The zero-order valence-corrected chi connectivity index (χ0v) is 7.81. The van der Waals surface area contributed by atoms with E-state index < -0.39 is 10.8 Å². The molecule has 1 aliphatic rings. The molecule has 1 fully saturated rings. The number of hydrogen-bond acceptors (Lipinski definition) is 3. The maximum absolute atomic E-state index is 9.45. The van der Waals surface area contributed by atoms with Gasteiger partial charge in [-0.25, -0.2) is 4.31 Å². The molecule has 0 aromatic carbocycles. The number of unbranched alkanes of at least 4 members (excludes halogenated alkanes) is 1. The molecule has 0 saturated carbocycles. The molecule has 0 aromatic heterocycles. The molecule has 68 valence electrons. The largest absolute Gasteiger partial charge is 0.285 e. The first-order valence-corrected chi connectivity index (χ1v) is 5.85. The molecule has 2 N–H and O–H groups in total. The Morgan fingerprint density at radius 1 is 1.45 bits per heavy atom. The zero-order chi connectivity index (χ0) is 8.32. The monoisotopic (exact) mass is 179 g/mol. The highest BCUT2D eigenvalue weighted by Crippen LogP contribution is 2.48. The van der Waals surface area contributed by atoms with Crippen LogP contribution >= 0.6 is 10.8 Å². The predicted octanol–water partition coefficient (Wildman–Crippen LogP) is 2.16. The first-order valence-electron chi connectivity index (χ1n) is 4.18. The normalized spacial score (nSPS) is 27.2. The molecule has 0 unspecified atom stereocenters. The first-order chi connectivity index (χ1) is 5.17. The van der Waals surface area contributed by atoms with Crippen molar-refractivity contribution in [3.8, 4) is 0 Å². The van der Waals surface area contributed by atoms with Gasteiger partial charge in [-0.2, -0.15) is 0 Å². The lowest BCUT2D eigenvalue weighted by Gasteiger charge is -2.36. The molecule has 4 heteroatoms. The summed E-state index contributed by atoms with van der Waals surface area (Å²) in [5.74, 6) is 0.580. The molecule has 0 aromatic rings. The summed E-state index contributed by atoms with van der Waals surface area (Å²) in [6.45, 7) is 3.82. The van der Waals surface area contributed by atoms with E-state index in [0.29, 0.717) is 5.75 Å². The second-order valence-electron chi connectivity index (χ2n) is 2.97. The van der Waals surface area contributed by atoms with Gasteiger partial charge < -0.3 is 0 Å². The molecule has 3 nitrogen and oxygen atoms in total. The molecule has 0 amide bonds. The number of nitrogens with zero attached hydrogens (tertiary/aromatic N) is 1. The zero-order valence-electron chi connectivity index (χ0n) is 6.99. The Hall–Kier alpha value is 0.230. The van der Waals surface area contributed by atoms with E-state index >= 15 is 0 Å². The predicted molar refractivity (Wildman–Crippen MR) is 48.8 cm³/mol. The Morgan fingerprint density at radius 3 is 2.64 bits per heavy atom. The average molecular weight is 179 g/mol. The molecule has 0 aliphatic carbocycles. The van der Waals surface area contributed by atoms with Crippen LogP contribution in [0, 0.1) is 0 Å². The maximum Gasteiger partial charge on any atom is 0.0543 e. The lowest BCUT2D eigenvalue weighted by molar-refractivity contribution is 0.373. The minimum absolute atomic E-state index is 0.580. The topological polar surface area (TPSA) is 43.7 Å². The lowest BCUT2D eigenvalue weighted by atomic mass is 10.3. The maximum atomic E-state index is 9.45. The smallest absolute Gasteiger partial charge is 0.0543 e. The fraction of sp³-hybridized carbons (Fsp3) is 1.00. The molecule has 0 atom stereocenters. The van der Waals surface area contributed by atoms with Crippen LogP contribution in [-0.4, -0.2) is 32.3 Å². The van der Waals surface area contributed by atoms with Crippen LogP contribution in [0.5, 0.6) is 0 Å². The van der Waals surface area contributed by atoms with E-state index in [0.717, 1.165) is 32.4 Å². The summed E-state index contributed by atoms with van der Waals surface area (Å²) in [7, 11) is -2.33. The molecule has 1 saturated heterocycles. The van der Waals surface area contributed by atoms with Gasteiger partial charge in [0.2, 0.25) is 0 Å². The first kappa shape index (κ1) is 9.32. The summed E-state index contributed by atoms with van der Waals surface area (Å²) in [5, 5.41) is 0. The van der Waals surface area contributed by atoms with Crippen LogP contribution in [-0.2, 0) is 0 Å². The third kappa shape index (κ3) is 2.33. The van der Waals surface area contributed by atoms with Crippen LogP contribution in [0.25, 0.3) is 0 Å². The van der Waals surface area contributed by atoms with Gasteiger partial charge in [0.1, 0.15) is 0 Å².